The predicted octanol–water partition coefficient (Wildman–Crippen LogP) is 5.95. The molecule has 1 aromatic heterocycles. The van der Waals surface area contributed by atoms with Crippen molar-refractivity contribution in [2.24, 2.45) is 0 Å². The molecule has 3 nitrogen and oxygen atoms in total. The Labute approximate surface area is 159 Å². The van der Waals surface area contributed by atoms with Gasteiger partial charge in [0.2, 0.25) is 0 Å². The molecule has 0 N–H and O–H groups in total. The first-order chi connectivity index (χ1) is 12.8. The first-order valence-electron chi connectivity index (χ1n) is 10.3. The third-order valence-electron chi connectivity index (χ3n) is 4.66. The van der Waals surface area contributed by atoms with Gasteiger partial charge in [0.1, 0.15) is 11.6 Å². The van der Waals surface area contributed by atoms with Gasteiger partial charge in [0.15, 0.2) is 0 Å². The third-order valence-corrected chi connectivity index (χ3v) is 4.66. The van der Waals surface area contributed by atoms with E-state index in [2.05, 4.69) is 48.1 Å². The fourth-order valence-electron chi connectivity index (χ4n) is 2.95. The van der Waals surface area contributed by atoms with Crippen LogP contribution in [0.15, 0.2) is 36.7 Å². The Morgan fingerprint density at radius 1 is 0.692 bits per heavy atom. The molecule has 0 aliphatic carbocycles. The van der Waals surface area contributed by atoms with E-state index < -0.39 is 0 Å². The molecule has 0 aliphatic heterocycles. The fraction of sp³-hybridized carbons (Fsp3) is 0.565. The average Bonchev–Trinajstić information content (AvgIpc) is 2.68. The topological polar surface area (TPSA) is 35.0 Å². The highest BCUT2D eigenvalue weighted by molar-refractivity contribution is 5.27. The summed E-state index contributed by atoms with van der Waals surface area (Å²) in [6, 6.07) is 8.46. The van der Waals surface area contributed by atoms with Crippen LogP contribution in [0.1, 0.15) is 75.7 Å². The van der Waals surface area contributed by atoms with Crippen molar-refractivity contribution < 1.29 is 4.74 Å². The minimum atomic E-state index is 0.817. The predicted molar refractivity (Wildman–Crippen MR) is 109 cm³/mol. The van der Waals surface area contributed by atoms with Crippen molar-refractivity contribution in [3.63, 3.8) is 0 Å². The molecule has 2 aromatic rings. The Hall–Kier alpha value is -1.90. The molecular weight excluding hydrogens is 320 g/mol. The van der Waals surface area contributed by atoms with Crippen LogP contribution in [-0.2, 0) is 19.3 Å². The van der Waals surface area contributed by atoms with Crippen LogP contribution >= 0.6 is 0 Å². The Morgan fingerprint density at radius 2 is 1.38 bits per heavy atom. The van der Waals surface area contributed by atoms with Crippen molar-refractivity contribution in [2.45, 2.75) is 78.1 Å². The SMILES string of the molecule is CCCCCCOc1ccc(CCc2ncc(CCCCC)cn2)cc1. The van der Waals surface area contributed by atoms with Crippen molar-refractivity contribution in [2.75, 3.05) is 6.61 Å². The standard InChI is InChI=1S/C23H34N2O/c1-3-5-7-9-17-26-22-14-11-20(12-15-22)13-16-23-24-18-21(19-25-23)10-8-6-4-2/h11-12,14-15,18-19H,3-10,13,16-17H2,1-2H3. The normalized spacial score (nSPS) is 10.8. The lowest BCUT2D eigenvalue weighted by molar-refractivity contribution is 0.305. The van der Waals surface area contributed by atoms with E-state index in [9.17, 15) is 0 Å². The van der Waals surface area contributed by atoms with Crippen molar-refractivity contribution in [3.8, 4) is 5.75 Å². The summed E-state index contributed by atoms with van der Waals surface area (Å²) in [7, 11) is 0. The highest BCUT2D eigenvalue weighted by Gasteiger charge is 2.01. The summed E-state index contributed by atoms with van der Waals surface area (Å²) in [5, 5.41) is 0. The second-order valence-corrected chi connectivity index (χ2v) is 7.02. The number of aromatic nitrogens is 2. The quantitative estimate of drug-likeness (QED) is 0.417. The van der Waals surface area contributed by atoms with E-state index in [1.165, 1.54) is 49.7 Å². The number of benzene rings is 1. The van der Waals surface area contributed by atoms with Gasteiger partial charge in [-0.1, -0.05) is 58.1 Å². The van der Waals surface area contributed by atoms with Gasteiger partial charge in [-0.05, 0) is 48.9 Å². The van der Waals surface area contributed by atoms with Crippen LogP contribution in [-0.4, -0.2) is 16.6 Å². The van der Waals surface area contributed by atoms with E-state index in [1.807, 2.05) is 12.4 Å². The molecule has 0 saturated heterocycles. The molecule has 0 atom stereocenters. The van der Waals surface area contributed by atoms with Gasteiger partial charge in [-0.3, -0.25) is 0 Å². The number of rotatable bonds is 13. The molecule has 142 valence electrons. The highest BCUT2D eigenvalue weighted by Crippen LogP contribution is 2.14. The Balaban J connectivity index is 1.70. The monoisotopic (exact) mass is 354 g/mol. The van der Waals surface area contributed by atoms with Crippen molar-refractivity contribution in [1.82, 2.24) is 9.97 Å². The van der Waals surface area contributed by atoms with Crippen molar-refractivity contribution in [1.29, 1.82) is 0 Å². The maximum absolute atomic E-state index is 5.80. The van der Waals surface area contributed by atoms with Gasteiger partial charge in [0.25, 0.3) is 0 Å². The van der Waals surface area contributed by atoms with Gasteiger partial charge in [-0.2, -0.15) is 0 Å². The lowest BCUT2D eigenvalue weighted by atomic mass is 10.1. The number of nitrogens with zero attached hydrogens (tertiary/aromatic N) is 2. The molecule has 0 radical (unpaired) electrons. The van der Waals surface area contributed by atoms with Crippen LogP contribution in [0.3, 0.4) is 0 Å². The Kier molecular flexibility index (Phi) is 9.78. The van der Waals surface area contributed by atoms with E-state index in [4.69, 9.17) is 4.74 Å². The van der Waals surface area contributed by atoms with Gasteiger partial charge in [-0.25, -0.2) is 9.97 Å². The van der Waals surface area contributed by atoms with Gasteiger partial charge in [0.05, 0.1) is 6.61 Å². The summed E-state index contributed by atoms with van der Waals surface area (Å²) < 4.78 is 5.80. The van der Waals surface area contributed by atoms with Crippen LogP contribution in [0, 0.1) is 0 Å². The second kappa shape index (κ2) is 12.5. The molecule has 1 heterocycles. The van der Waals surface area contributed by atoms with E-state index in [0.717, 1.165) is 43.9 Å². The molecule has 1 aromatic carbocycles. The van der Waals surface area contributed by atoms with Crippen LogP contribution in [0.4, 0.5) is 0 Å². The summed E-state index contributed by atoms with van der Waals surface area (Å²) in [5.41, 5.74) is 2.56. The Bertz CT molecular complexity index is 593. The molecule has 0 amide bonds. The minimum absolute atomic E-state index is 0.817. The lowest BCUT2D eigenvalue weighted by Gasteiger charge is -2.07. The molecule has 0 saturated carbocycles. The zero-order valence-electron chi connectivity index (χ0n) is 16.5. The highest BCUT2D eigenvalue weighted by atomic mass is 16.5. The van der Waals surface area contributed by atoms with Gasteiger partial charge in [-0.15, -0.1) is 0 Å². The van der Waals surface area contributed by atoms with Gasteiger partial charge in [0, 0.05) is 18.8 Å². The van der Waals surface area contributed by atoms with Gasteiger partial charge < -0.3 is 4.74 Å². The molecular formula is C23H34N2O. The smallest absolute Gasteiger partial charge is 0.128 e. The largest absolute Gasteiger partial charge is 0.494 e. The van der Waals surface area contributed by atoms with E-state index in [1.54, 1.807) is 0 Å². The van der Waals surface area contributed by atoms with Crippen molar-refractivity contribution in [3.05, 3.63) is 53.6 Å². The lowest BCUT2D eigenvalue weighted by Crippen LogP contribution is -2.00. The van der Waals surface area contributed by atoms with Gasteiger partial charge >= 0.3 is 0 Å². The number of ether oxygens (including phenoxy) is 1. The van der Waals surface area contributed by atoms with Crippen LogP contribution < -0.4 is 4.74 Å². The molecule has 2 rings (SSSR count). The van der Waals surface area contributed by atoms with E-state index in [-0.39, 0.29) is 0 Å². The summed E-state index contributed by atoms with van der Waals surface area (Å²) in [6.45, 7) is 5.27. The molecule has 26 heavy (non-hydrogen) atoms. The summed E-state index contributed by atoms with van der Waals surface area (Å²) in [5.74, 6) is 1.90. The first-order valence-corrected chi connectivity index (χ1v) is 10.3. The summed E-state index contributed by atoms with van der Waals surface area (Å²) in [4.78, 5) is 9.04. The van der Waals surface area contributed by atoms with E-state index >= 15 is 0 Å². The molecule has 0 spiro atoms. The van der Waals surface area contributed by atoms with E-state index in [0.29, 0.717) is 0 Å². The number of hydrogen-bond acceptors (Lipinski definition) is 3. The number of unbranched alkanes of at least 4 members (excludes halogenated alkanes) is 5. The summed E-state index contributed by atoms with van der Waals surface area (Å²) in [6.07, 6.45) is 15.6. The average molecular weight is 355 g/mol. The minimum Gasteiger partial charge on any atom is -0.494 e. The van der Waals surface area contributed by atoms with Crippen LogP contribution in [0.25, 0.3) is 0 Å². The zero-order chi connectivity index (χ0) is 18.5. The fourth-order valence-corrected chi connectivity index (χ4v) is 2.95. The summed E-state index contributed by atoms with van der Waals surface area (Å²) >= 11 is 0. The maximum atomic E-state index is 5.80. The number of hydrogen-bond donors (Lipinski definition) is 0. The third kappa shape index (κ3) is 7.99. The van der Waals surface area contributed by atoms with Crippen LogP contribution in [0.5, 0.6) is 5.75 Å². The second-order valence-electron chi connectivity index (χ2n) is 7.02. The molecule has 0 unspecified atom stereocenters. The maximum Gasteiger partial charge on any atom is 0.128 e. The Morgan fingerprint density at radius 3 is 2.08 bits per heavy atom. The van der Waals surface area contributed by atoms with Crippen molar-refractivity contribution >= 4 is 0 Å². The molecule has 3 heteroatoms. The molecule has 0 bridgehead atoms. The number of aryl methyl sites for hydroxylation is 3. The molecule has 0 fully saturated rings. The first kappa shape index (κ1) is 20.4. The molecule has 0 aliphatic rings. The zero-order valence-corrected chi connectivity index (χ0v) is 16.5. The van der Waals surface area contributed by atoms with Crippen LogP contribution in [0.2, 0.25) is 0 Å².